The molecule has 1 heteroatoms. The summed E-state index contributed by atoms with van der Waals surface area (Å²) in [6.45, 7) is 9.06. The molecule has 0 aromatic rings. The van der Waals surface area contributed by atoms with Crippen molar-refractivity contribution >= 4 is 0 Å². The van der Waals surface area contributed by atoms with Crippen molar-refractivity contribution < 1.29 is 0 Å². The maximum Gasteiger partial charge on any atom is 0.0150 e. The van der Waals surface area contributed by atoms with Gasteiger partial charge in [-0.25, -0.2) is 0 Å². The van der Waals surface area contributed by atoms with Gasteiger partial charge < -0.3 is 5.32 Å². The van der Waals surface area contributed by atoms with E-state index >= 15 is 0 Å². The van der Waals surface area contributed by atoms with Gasteiger partial charge in [0.05, 0.1) is 0 Å². The van der Waals surface area contributed by atoms with Crippen LogP contribution in [-0.4, -0.2) is 12.6 Å². The normalized spacial score (nSPS) is 17.4. The molecule has 1 nitrogen and oxygen atoms in total. The predicted molar refractivity (Wildman–Crippen MR) is 47.2 cm³/mol. The van der Waals surface area contributed by atoms with Crippen LogP contribution in [0.3, 0.4) is 0 Å². The average molecular weight is 143 g/mol. The van der Waals surface area contributed by atoms with Gasteiger partial charge >= 0.3 is 0 Å². The summed E-state index contributed by atoms with van der Waals surface area (Å²) in [5.74, 6) is 0.789. The summed E-state index contributed by atoms with van der Waals surface area (Å²) in [7, 11) is 2.05. The molecule has 0 aromatic heterocycles. The third-order valence-corrected chi connectivity index (χ3v) is 2.24. The van der Waals surface area contributed by atoms with Crippen LogP contribution >= 0.6 is 0 Å². The van der Waals surface area contributed by atoms with Gasteiger partial charge in [-0.3, -0.25) is 0 Å². The van der Waals surface area contributed by atoms with Crippen LogP contribution < -0.4 is 5.32 Å². The minimum absolute atomic E-state index is 0.355. The van der Waals surface area contributed by atoms with Crippen molar-refractivity contribution in [3.05, 3.63) is 0 Å². The Morgan fingerprint density at radius 3 is 2.00 bits per heavy atom. The molecule has 0 aromatic carbocycles. The lowest BCUT2D eigenvalue weighted by molar-refractivity contribution is 0.302. The van der Waals surface area contributed by atoms with Crippen molar-refractivity contribution in [1.82, 2.24) is 5.32 Å². The zero-order chi connectivity index (χ0) is 8.20. The van der Waals surface area contributed by atoms with Crippen LogP contribution in [0.5, 0.6) is 0 Å². The van der Waals surface area contributed by atoms with E-state index in [0.29, 0.717) is 5.54 Å². The molecule has 1 unspecified atom stereocenters. The van der Waals surface area contributed by atoms with Crippen molar-refractivity contribution in [3.63, 3.8) is 0 Å². The maximum atomic E-state index is 3.36. The van der Waals surface area contributed by atoms with Gasteiger partial charge in [0.1, 0.15) is 0 Å². The molecule has 0 aliphatic carbocycles. The Bertz CT molecular complexity index is 82.7. The largest absolute Gasteiger partial charge is 0.315 e. The van der Waals surface area contributed by atoms with Crippen molar-refractivity contribution in [1.29, 1.82) is 0 Å². The molecular formula is C9H21N. The summed E-state index contributed by atoms with van der Waals surface area (Å²) in [6.07, 6.45) is 2.47. The minimum atomic E-state index is 0.355. The Morgan fingerprint density at radius 1 is 1.40 bits per heavy atom. The lowest BCUT2D eigenvalue weighted by Gasteiger charge is -2.29. The van der Waals surface area contributed by atoms with E-state index < -0.39 is 0 Å². The van der Waals surface area contributed by atoms with Gasteiger partial charge in [-0.15, -0.1) is 0 Å². The molecule has 62 valence electrons. The molecule has 0 saturated carbocycles. The zero-order valence-corrected chi connectivity index (χ0v) is 7.99. The molecule has 0 bridgehead atoms. The first-order valence-corrected chi connectivity index (χ1v) is 4.23. The van der Waals surface area contributed by atoms with Crippen LogP contribution in [0, 0.1) is 5.92 Å². The summed E-state index contributed by atoms with van der Waals surface area (Å²) in [6, 6.07) is 0. The molecule has 0 spiro atoms. The summed E-state index contributed by atoms with van der Waals surface area (Å²) >= 11 is 0. The molecule has 0 fully saturated rings. The van der Waals surface area contributed by atoms with Gasteiger partial charge in [-0.05, 0) is 32.7 Å². The Hall–Kier alpha value is -0.0400. The van der Waals surface area contributed by atoms with Crippen LogP contribution in [0.15, 0.2) is 0 Å². The molecule has 1 N–H and O–H groups in total. The first kappa shape index (κ1) is 9.96. The quantitative estimate of drug-likeness (QED) is 0.637. The highest BCUT2D eigenvalue weighted by Crippen LogP contribution is 2.18. The highest BCUT2D eigenvalue weighted by Gasteiger charge is 2.19. The lowest BCUT2D eigenvalue weighted by atomic mass is 9.89. The number of hydrogen-bond donors (Lipinski definition) is 1. The van der Waals surface area contributed by atoms with Crippen LogP contribution in [0.2, 0.25) is 0 Å². The van der Waals surface area contributed by atoms with Gasteiger partial charge in [-0.2, -0.15) is 0 Å². The second kappa shape index (κ2) is 3.97. The molecule has 0 aliphatic rings. The van der Waals surface area contributed by atoms with E-state index in [1.165, 1.54) is 12.8 Å². The van der Waals surface area contributed by atoms with Crippen molar-refractivity contribution in [2.24, 2.45) is 5.92 Å². The smallest absolute Gasteiger partial charge is 0.0150 e. The molecule has 0 radical (unpaired) electrons. The Kier molecular flexibility index (Phi) is 3.95. The van der Waals surface area contributed by atoms with E-state index in [1.807, 2.05) is 7.05 Å². The Balaban J connectivity index is 3.80. The third-order valence-electron chi connectivity index (χ3n) is 2.24. The fraction of sp³-hybridized carbons (Fsp3) is 1.00. The standard InChI is InChI=1S/C9H21N/c1-6-9(4,10-5)7-8(2)3/h8,10H,6-7H2,1-5H3. The molecule has 0 rings (SSSR count). The Labute approximate surface area is 65.2 Å². The van der Waals surface area contributed by atoms with Crippen LogP contribution in [0.1, 0.15) is 40.5 Å². The monoisotopic (exact) mass is 143 g/mol. The van der Waals surface area contributed by atoms with Gasteiger partial charge in [0.25, 0.3) is 0 Å². The topological polar surface area (TPSA) is 12.0 Å². The van der Waals surface area contributed by atoms with E-state index in [9.17, 15) is 0 Å². The average Bonchev–Trinajstić information content (AvgIpc) is 1.87. The molecule has 0 aliphatic heterocycles. The van der Waals surface area contributed by atoms with E-state index in [4.69, 9.17) is 0 Å². The van der Waals surface area contributed by atoms with E-state index in [2.05, 4.69) is 33.0 Å². The highest BCUT2D eigenvalue weighted by molar-refractivity contribution is 4.80. The molecule has 0 amide bonds. The SMILES string of the molecule is CCC(C)(CC(C)C)NC. The first-order chi connectivity index (χ1) is 4.54. The van der Waals surface area contributed by atoms with Crippen LogP contribution in [-0.2, 0) is 0 Å². The van der Waals surface area contributed by atoms with Gasteiger partial charge in [0.2, 0.25) is 0 Å². The fourth-order valence-corrected chi connectivity index (χ4v) is 1.32. The fourth-order valence-electron chi connectivity index (χ4n) is 1.32. The molecule has 0 heterocycles. The molecule has 10 heavy (non-hydrogen) atoms. The Morgan fingerprint density at radius 2 is 1.90 bits per heavy atom. The van der Waals surface area contributed by atoms with Gasteiger partial charge in [0.15, 0.2) is 0 Å². The van der Waals surface area contributed by atoms with Crippen molar-refractivity contribution in [3.8, 4) is 0 Å². The summed E-state index contributed by atoms with van der Waals surface area (Å²) in [5.41, 5.74) is 0.355. The number of hydrogen-bond acceptors (Lipinski definition) is 1. The summed E-state index contributed by atoms with van der Waals surface area (Å²) < 4.78 is 0. The molecule has 1 atom stereocenters. The predicted octanol–water partition coefficient (Wildman–Crippen LogP) is 2.42. The van der Waals surface area contributed by atoms with E-state index in [1.54, 1.807) is 0 Å². The van der Waals surface area contributed by atoms with E-state index in [0.717, 1.165) is 5.92 Å². The third kappa shape index (κ3) is 3.21. The summed E-state index contributed by atoms with van der Waals surface area (Å²) in [4.78, 5) is 0. The first-order valence-electron chi connectivity index (χ1n) is 4.23. The van der Waals surface area contributed by atoms with Gasteiger partial charge in [0, 0.05) is 5.54 Å². The summed E-state index contributed by atoms with van der Waals surface area (Å²) in [5, 5.41) is 3.36. The van der Waals surface area contributed by atoms with Gasteiger partial charge in [-0.1, -0.05) is 20.8 Å². The van der Waals surface area contributed by atoms with Crippen molar-refractivity contribution in [2.75, 3.05) is 7.05 Å². The second-order valence-corrected chi connectivity index (χ2v) is 3.76. The number of nitrogens with one attached hydrogen (secondary N) is 1. The maximum absolute atomic E-state index is 3.36. The second-order valence-electron chi connectivity index (χ2n) is 3.76. The van der Waals surface area contributed by atoms with Crippen LogP contribution in [0.4, 0.5) is 0 Å². The van der Waals surface area contributed by atoms with Crippen LogP contribution in [0.25, 0.3) is 0 Å². The zero-order valence-electron chi connectivity index (χ0n) is 7.99. The van der Waals surface area contributed by atoms with Crippen molar-refractivity contribution in [2.45, 2.75) is 46.1 Å². The highest BCUT2D eigenvalue weighted by atomic mass is 14.9. The molecular weight excluding hydrogens is 122 g/mol. The molecule has 0 saturated heterocycles. The lowest BCUT2D eigenvalue weighted by Crippen LogP contribution is -2.40. The number of rotatable bonds is 4. The van der Waals surface area contributed by atoms with E-state index in [-0.39, 0.29) is 0 Å². The minimum Gasteiger partial charge on any atom is -0.315 e.